The molecule has 0 bridgehead atoms. The lowest BCUT2D eigenvalue weighted by Gasteiger charge is -2.22. The predicted octanol–water partition coefficient (Wildman–Crippen LogP) is 1.85. The maximum absolute atomic E-state index is 12.1. The number of thiophene rings is 1. The standard InChI is InChI=1S/C13H19ClN2O3S/c1-4-16(9-13(18)19-3)8-12(17)15(2)7-10-5-6-11(14)20-10/h5-6H,4,7-9H2,1-3H3. The van der Waals surface area contributed by atoms with E-state index < -0.39 is 0 Å². The Bertz CT molecular complexity index is 464. The highest BCUT2D eigenvalue weighted by Gasteiger charge is 2.16. The van der Waals surface area contributed by atoms with Gasteiger partial charge in [-0.2, -0.15) is 0 Å². The maximum atomic E-state index is 12.1. The highest BCUT2D eigenvalue weighted by Crippen LogP contribution is 2.22. The van der Waals surface area contributed by atoms with Crippen molar-refractivity contribution in [3.8, 4) is 0 Å². The van der Waals surface area contributed by atoms with Crippen LogP contribution >= 0.6 is 22.9 Å². The lowest BCUT2D eigenvalue weighted by Crippen LogP contribution is -2.40. The van der Waals surface area contributed by atoms with Gasteiger partial charge in [-0.25, -0.2) is 0 Å². The van der Waals surface area contributed by atoms with Crippen LogP contribution in [0.15, 0.2) is 12.1 Å². The molecule has 0 radical (unpaired) electrons. The van der Waals surface area contributed by atoms with Crippen molar-refractivity contribution >= 4 is 34.8 Å². The Balaban J connectivity index is 2.49. The third-order valence-corrected chi connectivity index (χ3v) is 4.05. The molecule has 1 heterocycles. The molecule has 0 saturated carbocycles. The van der Waals surface area contributed by atoms with Crippen LogP contribution in [0.1, 0.15) is 11.8 Å². The van der Waals surface area contributed by atoms with E-state index >= 15 is 0 Å². The fourth-order valence-corrected chi connectivity index (χ4v) is 2.74. The monoisotopic (exact) mass is 318 g/mol. The second-order valence-electron chi connectivity index (χ2n) is 4.34. The molecule has 7 heteroatoms. The number of hydrogen-bond acceptors (Lipinski definition) is 5. The first-order valence-corrected chi connectivity index (χ1v) is 7.43. The van der Waals surface area contributed by atoms with Gasteiger partial charge in [-0.3, -0.25) is 14.5 Å². The third kappa shape index (κ3) is 5.48. The zero-order valence-corrected chi connectivity index (χ0v) is 13.5. The molecular formula is C13H19ClN2O3S. The Labute approximate surface area is 128 Å². The van der Waals surface area contributed by atoms with Crippen molar-refractivity contribution in [1.82, 2.24) is 9.80 Å². The van der Waals surface area contributed by atoms with Gasteiger partial charge in [-0.1, -0.05) is 18.5 Å². The van der Waals surface area contributed by atoms with Gasteiger partial charge >= 0.3 is 5.97 Å². The van der Waals surface area contributed by atoms with Crippen molar-refractivity contribution in [1.29, 1.82) is 0 Å². The fraction of sp³-hybridized carbons (Fsp3) is 0.538. The summed E-state index contributed by atoms with van der Waals surface area (Å²) < 4.78 is 5.31. The lowest BCUT2D eigenvalue weighted by molar-refractivity contribution is -0.142. The molecule has 5 nitrogen and oxygen atoms in total. The molecule has 1 amide bonds. The minimum Gasteiger partial charge on any atom is -0.468 e. The molecule has 1 rings (SSSR count). The van der Waals surface area contributed by atoms with E-state index in [-0.39, 0.29) is 25.0 Å². The second-order valence-corrected chi connectivity index (χ2v) is 6.13. The van der Waals surface area contributed by atoms with Crippen LogP contribution in [0.3, 0.4) is 0 Å². The minimum atomic E-state index is -0.340. The van der Waals surface area contributed by atoms with Crippen LogP contribution in [0.25, 0.3) is 0 Å². The molecule has 0 aliphatic heterocycles. The van der Waals surface area contributed by atoms with Crippen molar-refractivity contribution in [2.75, 3.05) is 33.8 Å². The Kier molecular flexibility index (Phi) is 6.98. The van der Waals surface area contributed by atoms with E-state index in [2.05, 4.69) is 4.74 Å². The van der Waals surface area contributed by atoms with Crippen LogP contribution in [0.4, 0.5) is 0 Å². The highest BCUT2D eigenvalue weighted by atomic mass is 35.5. The summed E-state index contributed by atoms with van der Waals surface area (Å²) in [4.78, 5) is 27.7. The number of methoxy groups -OCH3 is 1. The van der Waals surface area contributed by atoms with Crippen LogP contribution < -0.4 is 0 Å². The Hall–Kier alpha value is -1.11. The van der Waals surface area contributed by atoms with Crippen LogP contribution in [-0.4, -0.2) is 55.5 Å². The zero-order valence-electron chi connectivity index (χ0n) is 11.9. The summed E-state index contributed by atoms with van der Waals surface area (Å²) in [6.45, 7) is 3.35. The average molecular weight is 319 g/mol. The van der Waals surface area contributed by atoms with Crippen LogP contribution in [0.5, 0.6) is 0 Å². The Morgan fingerprint density at radius 1 is 1.35 bits per heavy atom. The number of hydrogen-bond donors (Lipinski definition) is 0. The van der Waals surface area contributed by atoms with Gasteiger partial charge in [0.2, 0.25) is 5.91 Å². The van der Waals surface area contributed by atoms with Crippen molar-refractivity contribution < 1.29 is 14.3 Å². The zero-order chi connectivity index (χ0) is 15.1. The van der Waals surface area contributed by atoms with E-state index in [1.807, 2.05) is 19.1 Å². The summed E-state index contributed by atoms with van der Waals surface area (Å²) in [5, 5.41) is 0. The molecule has 0 aliphatic carbocycles. The molecule has 0 N–H and O–H groups in total. The number of rotatable bonds is 7. The van der Waals surface area contributed by atoms with E-state index in [1.165, 1.54) is 18.4 Å². The first kappa shape index (κ1) is 16.9. The number of amides is 1. The van der Waals surface area contributed by atoms with Crippen LogP contribution in [0.2, 0.25) is 4.34 Å². The molecule has 0 spiro atoms. The molecule has 0 saturated heterocycles. The van der Waals surface area contributed by atoms with Crippen molar-refractivity contribution in [3.63, 3.8) is 0 Å². The molecule has 1 aromatic heterocycles. The summed E-state index contributed by atoms with van der Waals surface area (Å²) in [7, 11) is 3.08. The van der Waals surface area contributed by atoms with E-state index in [9.17, 15) is 9.59 Å². The molecule has 0 atom stereocenters. The van der Waals surface area contributed by atoms with E-state index in [4.69, 9.17) is 11.6 Å². The second kappa shape index (κ2) is 8.24. The molecule has 0 aromatic carbocycles. The summed E-state index contributed by atoms with van der Waals surface area (Å²) in [6.07, 6.45) is 0. The lowest BCUT2D eigenvalue weighted by atomic mass is 10.4. The smallest absolute Gasteiger partial charge is 0.319 e. The van der Waals surface area contributed by atoms with Crippen molar-refractivity contribution in [2.45, 2.75) is 13.5 Å². The molecule has 0 unspecified atom stereocenters. The topological polar surface area (TPSA) is 49.9 Å². The van der Waals surface area contributed by atoms with Crippen molar-refractivity contribution in [2.24, 2.45) is 0 Å². The Morgan fingerprint density at radius 2 is 2.05 bits per heavy atom. The maximum Gasteiger partial charge on any atom is 0.319 e. The quantitative estimate of drug-likeness (QED) is 0.720. The molecule has 112 valence electrons. The first-order valence-electron chi connectivity index (χ1n) is 6.23. The summed E-state index contributed by atoms with van der Waals surface area (Å²) >= 11 is 7.32. The number of likely N-dealkylation sites (N-methyl/N-ethyl adjacent to an activating group) is 2. The third-order valence-electron chi connectivity index (χ3n) is 2.83. The van der Waals surface area contributed by atoms with Gasteiger partial charge in [0.05, 0.1) is 31.1 Å². The predicted molar refractivity (Wildman–Crippen MR) is 79.9 cm³/mol. The fourth-order valence-electron chi connectivity index (χ4n) is 1.60. The SMILES string of the molecule is CCN(CC(=O)OC)CC(=O)N(C)Cc1ccc(Cl)s1. The van der Waals surface area contributed by atoms with Crippen molar-refractivity contribution in [3.05, 3.63) is 21.3 Å². The number of carbonyl (C=O) groups is 2. The van der Waals surface area contributed by atoms with Gasteiger partial charge in [-0.05, 0) is 18.7 Å². The molecule has 0 fully saturated rings. The molecular weight excluding hydrogens is 300 g/mol. The largest absolute Gasteiger partial charge is 0.468 e. The van der Waals surface area contributed by atoms with Crippen LogP contribution in [-0.2, 0) is 20.9 Å². The van der Waals surface area contributed by atoms with Gasteiger partial charge < -0.3 is 9.64 Å². The van der Waals surface area contributed by atoms with Gasteiger partial charge in [0.15, 0.2) is 0 Å². The average Bonchev–Trinajstić information content (AvgIpc) is 2.82. The molecule has 1 aromatic rings. The van der Waals surface area contributed by atoms with Gasteiger partial charge in [-0.15, -0.1) is 11.3 Å². The highest BCUT2D eigenvalue weighted by molar-refractivity contribution is 7.16. The summed E-state index contributed by atoms with van der Waals surface area (Å²) in [6, 6.07) is 3.72. The van der Waals surface area contributed by atoms with E-state index in [0.717, 1.165) is 4.88 Å². The number of nitrogens with zero attached hydrogens (tertiary/aromatic N) is 2. The number of ether oxygens (including phenoxy) is 1. The minimum absolute atomic E-state index is 0.0414. The summed E-state index contributed by atoms with van der Waals surface area (Å²) in [5.41, 5.74) is 0. The van der Waals surface area contributed by atoms with E-state index in [1.54, 1.807) is 16.8 Å². The van der Waals surface area contributed by atoms with Gasteiger partial charge in [0, 0.05) is 11.9 Å². The Morgan fingerprint density at radius 3 is 2.55 bits per heavy atom. The van der Waals surface area contributed by atoms with Gasteiger partial charge in [0.25, 0.3) is 0 Å². The summed E-state index contributed by atoms with van der Waals surface area (Å²) in [5.74, 6) is -0.382. The van der Waals surface area contributed by atoms with E-state index in [0.29, 0.717) is 17.4 Å². The van der Waals surface area contributed by atoms with Gasteiger partial charge in [0.1, 0.15) is 0 Å². The molecule has 0 aliphatic rings. The number of carbonyl (C=O) groups excluding carboxylic acids is 2. The molecule has 20 heavy (non-hydrogen) atoms. The first-order chi connectivity index (χ1) is 9.46. The normalized spacial score (nSPS) is 10.7. The number of halogens is 1. The van der Waals surface area contributed by atoms with Crippen LogP contribution in [0, 0.1) is 0 Å². The number of esters is 1.